The molecule has 0 aromatic carbocycles. The Bertz CT molecular complexity index is 631. The Kier molecular flexibility index (Phi) is 3.31. The van der Waals surface area contributed by atoms with E-state index in [9.17, 15) is 9.59 Å². The number of carboxylic acid groups (broad SMARTS) is 1. The third-order valence-electron chi connectivity index (χ3n) is 3.47. The molecule has 0 saturated carbocycles. The van der Waals surface area contributed by atoms with Gasteiger partial charge in [-0.1, -0.05) is 0 Å². The highest BCUT2D eigenvalue weighted by atomic mass is 32.1. The van der Waals surface area contributed by atoms with Crippen LogP contribution in [0.2, 0.25) is 0 Å². The predicted molar refractivity (Wildman–Crippen MR) is 73.0 cm³/mol. The molecule has 0 radical (unpaired) electrons. The van der Waals surface area contributed by atoms with E-state index in [4.69, 9.17) is 9.52 Å². The molecule has 1 atom stereocenters. The number of carboxylic acids is 1. The van der Waals surface area contributed by atoms with Crippen molar-refractivity contribution in [2.75, 3.05) is 6.54 Å². The molecule has 0 bridgehead atoms. The minimum Gasteiger partial charge on any atom is -0.475 e. The van der Waals surface area contributed by atoms with Crippen molar-refractivity contribution in [3.05, 3.63) is 46.0 Å². The van der Waals surface area contributed by atoms with E-state index in [0.717, 1.165) is 18.4 Å². The van der Waals surface area contributed by atoms with Gasteiger partial charge in [0.15, 0.2) is 5.76 Å². The Morgan fingerprint density at radius 3 is 2.75 bits per heavy atom. The fourth-order valence-electron chi connectivity index (χ4n) is 2.53. The summed E-state index contributed by atoms with van der Waals surface area (Å²) >= 11 is 1.60. The summed E-state index contributed by atoms with van der Waals surface area (Å²) in [6, 6.07) is 4.82. The Morgan fingerprint density at radius 1 is 1.30 bits per heavy atom. The zero-order valence-corrected chi connectivity index (χ0v) is 11.4. The molecule has 104 valence electrons. The van der Waals surface area contributed by atoms with Crippen LogP contribution in [0.4, 0.5) is 0 Å². The van der Waals surface area contributed by atoms with Crippen molar-refractivity contribution in [3.8, 4) is 0 Å². The molecule has 0 spiro atoms. The number of nitrogens with zero attached hydrogens (tertiary/aromatic N) is 1. The van der Waals surface area contributed by atoms with Gasteiger partial charge in [-0.2, -0.15) is 11.3 Å². The van der Waals surface area contributed by atoms with Crippen molar-refractivity contribution in [2.24, 2.45) is 0 Å². The lowest BCUT2D eigenvalue weighted by molar-refractivity contribution is 0.0645. The van der Waals surface area contributed by atoms with Crippen LogP contribution in [-0.2, 0) is 0 Å². The summed E-state index contributed by atoms with van der Waals surface area (Å²) in [5, 5.41) is 12.9. The topological polar surface area (TPSA) is 70.8 Å². The first-order valence-corrected chi connectivity index (χ1v) is 7.27. The van der Waals surface area contributed by atoms with Crippen LogP contribution in [0.15, 0.2) is 33.4 Å². The maximum absolute atomic E-state index is 12.4. The van der Waals surface area contributed by atoms with Gasteiger partial charge in [-0.3, -0.25) is 4.79 Å². The van der Waals surface area contributed by atoms with E-state index >= 15 is 0 Å². The van der Waals surface area contributed by atoms with Gasteiger partial charge >= 0.3 is 5.97 Å². The number of aromatic carboxylic acids is 1. The number of hydrogen-bond donors (Lipinski definition) is 1. The summed E-state index contributed by atoms with van der Waals surface area (Å²) in [5.74, 6) is -1.53. The highest BCUT2D eigenvalue weighted by Gasteiger charge is 2.32. The molecule has 0 aliphatic carbocycles. The molecular weight excluding hydrogens is 278 g/mol. The average Bonchev–Trinajstić information content (AvgIpc) is 3.17. The summed E-state index contributed by atoms with van der Waals surface area (Å²) in [6.07, 6.45) is 1.87. The van der Waals surface area contributed by atoms with E-state index in [1.807, 2.05) is 16.8 Å². The number of furan rings is 1. The van der Waals surface area contributed by atoms with E-state index < -0.39 is 5.97 Å². The minimum absolute atomic E-state index is 0.0622. The smallest absolute Gasteiger partial charge is 0.371 e. The first kappa shape index (κ1) is 12.9. The molecule has 3 heterocycles. The average molecular weight is 291 g/mol. The van der Waals surface area contributed by atoms with Crippen molar-refractivity contribution < 1.29 is 19.1 Å². The summed E-state index contributed by atoms with van der Waals surface area (Å²) in [4.78, 5) is 25.0. The molecule has 1 saturated heterocycles. The summed E-state index contributed by atoms with van der Waals surface area (Å²) in [6.45, 7) is 0.669. The van der Waals surface area contributed by atoms with Gasteiger partial charge in [0.2, 0.25) is 5.76 Å². The van der Waals surface area contributed by atoms with Crippen molar-refractivity contribution >= 4 is 23.2 Å². The van der Waals surface area contributed by atoms with Gasteiger partial charge in [-0.15, -0.1) is 0 Å². The van der Waals surface area contributed by atoms with E-state index in [0.29, 0.717) is 6.54 Å². The molecule has 2 aromatic rings. The molecule has 1 amide bonds. The standard InChI is InChI=1S/C14H13NO4S/c16-13(11-3-4-12(19-11)14(17)18)15-6-1-2-10(15)9-5-7-20-8-9/h3-5,7-8,10H,1-2,6H2,(H,17,18). The van der Waals surface area contributed by atoms with Crippen LogP contribution in [0.25, 0.3) is 0 Å². The van der Waals surface area contributed by atoms with Crippen molar-refractivity contribution in [2.45, 2.75) is 18.9 Å². The van der Waals surface area contributed by atoms with Gasteiger partial charge in [-0.25, -0.2) is 4.79 Å². The second kappa shape index (κ2) is 5.13. The monoisotopic (exact) mass is 291 g/mol. The second-order valence-corrected chi connectivity index (χ2v) is 5.46. The number of likely N-dealkylation sites (tertiary alicyclic amines) is 1. The SMILES string of the molecule is O=C(O)c1ccc(C(=O)N2CCCC2c2ccsc2)o1. The molecule has 5 nitrogen and oxygen atoms in total. The maximum Gasteiger partial charge on any atom is 0.371 e. The van der Waals surface area contributed by atoms with E-state index in [1.54, 1.807) is 16.2 Å². The first-order chi connectivity index (χ1) is 9.66. The van der Waals surface area contributed by atoms with Crippen molar-refractivity contribution in [1.29, 1.82) is 0 Å². The van der Waals surface area contributed by atoms with Crippen LogP contribution in [0.3, 0.4) is 0 Å². The largest absolute Gasteiger partial charge is 0.475 e. The number of carbonyl (C=O) groups is 2. The van der Waals surface area contributed by atoms with Gasteiger partial charge in [0.1, 0.15) is 0 Å². The van der Waals surface area contributed by atoms with Crippen LogP contribution in [0.1, 0.15) is 45.6 Å². The highest BCUT2D eigenvalue weighted by molar-refractivity contribution is 7.07. The number of thiophene rings is 1. The number of hydrogen-bond acceptors (Lipinski definition) is 4. The third kappa shape index (κ3) is 2.22. The summed E-state index contributed by atoms with van der Waals surface area (Å²) in [5.41, 5.74) is 1.13. The molecule has 6 heteroatoms. The highest BCUT2D eigenvalue weighted by Crippen LogP contribution is 2.34. The Balaban J connectivity index is 1.83. The fraction of sp³-hybridized carbons (Fsp3) is 0.286. The van der Waals surface area contributed by atoms with E-state index in [2.05, 4.69) is 0 Å². The summed E-state index contributed by atoms with van der Waals surface area (Å²) < 4.78 is 5.10. The normalized spacial score (nSPS) is 18.4. The van der Waals surface area contributed by atoms with Crippen LogP contribution < -0.4 is 0 Å². The lowest BCUT2D eigenvalue weighted by atomic mass is 10.1. The minimum atomic E-state index is -1.17. The van der Waals surface area contributed by atoms with Gasteiger partial charge in [-0.05, 0) is 47.4 Å². The molecule has 1 aliphatic heterocycles. The van der Waals surface area contributed by atoms with Crippen LogP contribution >= 0.6 is 11.3 Å². The second-order valence-electron chi connectivity index (χ2n) is 4.68. The molecule has 3 rings (SSSR count). The van der Waals surface area contributed by atoms with Gasteiger partial charge < -0.3 is 14.4 Å². The molecular formula is C14H13NO4S. The van der Waals surface area contributed by atoms with Crippen molar-refractivity contribution in [3.63, 3.8) is 0 Å². The third-order valence-corrected chi connectivity index (χ3v) is 4.17. The van der Waals surface area contributed by atoms with Gasteiger partial charge in [0.05, 0.1) is 6.04 Å². The molecule has 1 N–H and O–H groups in total. The van der Waals surface area contributed by atoms with Crippen LogP contribution in [0, 0.1) is 0 Å². The van der Waals surface area contributed by atoms with Crippen LogP contribution in [-0.4, -0.2) is 28.4 Å². The van der Waals surface area contributed by atoms with Crippen molar-refractivity contribution in [1.82, 2.24) is 4.90 Å². The van der Waals surface area contributed by atoms with Gasteiger partial charge in [0.25, 0.3) is 5.91 Å². The summed E-state index contributed by atoms with van der Waals surface area (Å²) in [7, 11) is 0. The first-order valence-electron chi connectivity index (χ1n) is 6.33. The number of rotatable bonds is 3. The fourth-order valence-corrected chi connectivity index (χ4v) is 3.24. The van der Waals surface area contributed by atoms with E-state index in [1.165, 1.54) is 12.1 Å². The molecule has 20 heavy (non-hydrogen) atoms. The van der Waals surface area contributed by atoms with E-state index in [-0.39, 0.29) is 23.5 Å². The molecule has 1 aliphatic rings. The maximum atomic E-state index is 12.4. The van der Waals surface area contributed by atoms with Crippen LogP contribution in [0.5, 0.6) is 0 Å². The molecule has 1 fully saturated rings. The zero-order chi connectivity index (χ0) is 14.1. The Morgan fingerprint density at radius 2 is 2.10 bits per heavy atom. The molecule has 2 aromatic heterocycles. The zero-order valence-electron chi connectivity index (χ0n) is 10.6. The number of carbonyl (C=O) groups excluding carboxylic acids is 1. The molecule has 1 unspecified atom stereocenters. The number of amides is 1. The van der Waals surface area contributed by atoms with Gasteiger partial charge in [0, 0.05) is 6.54 Å². The Hall–Kier alpha value is -2.08. The lowest BCUT2D eigenvalue weighted by Crippen LogP contribution is -2.30. The Labute approximate surface area is 119 Å². The lowest BCUT2D eigenvalue weighted by Gasteiger charge is -2.23. The predicted octanol–water partition coefficient (Wildman–Crippen LogP) is 3.02. The quantitative estimate of drug-likeness (QED) is 0.943.